The van der Waals surface area contributed by atoms with Crippen LogP contribution in [-0.4, -0.2) is 59.8 Å². The third-order valence-corrected chi connectivity index (χ3v) is 4.57. The number of nitrogens with zero attached hydrogens (tertiary/aromatic N) is 1. The van der Waals surface area contributed by atoms with Crippen LogP contribution in [0.15, 0.2) is 30.3 Å². The molecule has 1 unspecified atom stereocenters. The maximum Gasteiger partial charge on any atom is 0.317 e. The molecule has 1 fully saturated rings. The van der Waals surface area contributed by atoms with Gasteiger partial charge in [0.05, 0.1) is 25.8 Å². The number of nitrogens with one attached hydrogen (secondary N) is 2. The van der Waals surface area contributed by atoms with Crippen molar-refractivity contribution in [3.8, 4) is 0 Å². The molecule has 1 aromatic carbocycles. The van der Waals surface area contributed by atoms with E-state index in [9.17, 15) is 9.59 Å². The van der Waals surface area contributed by atoms with E-state index in [4.69, 9.17) is 9.84 Å². The Kier molecular flexibility index (Phi) is 7.87. The molecule has 0 radical (unpaired) electrons. The van der Waals surface area contributed by atoms with Crippen LogP contribution in [0.5, 0.6) is 0 Å². The largest absolute Gasteiger partial charge is 0.480 e. The summed E-state index contributed by atoms with van der Waals surface area (Å²) in [4.78, 5) is 24.8. The summed E-state index contributed by atoms with van der Waals surface area (Å²) in [5.74, 6) is -0.815. The van der Waals surface area contributed by atoms with Crippen molar-refractivity contribution in [3.63, 3.8) is 0 Å². The second kappa shape index (κ2) is 10.1. The molecule has 7 nitrogen and oxygen atoms in total. The van der Waals surface area contributed by atoms with Crippen molar-refractivity contribution in [1.29, 1.82) is 0 Å². The normalized spacial score (nSPS) is 20.3. The summed E-state index contributed by atoms with van der Waals surface area (Å²) in [6.07, 6.45) is 1.57. The standard InChI is InChI=1S/C19H29N3O4/c1-3-22(11-18(23)24)17-9-16(10-17)21-19(25)20-14(2)12-26-13-15-7-5-4-6-8-15/h4-8,14,16-17H,3,9-13H2,1-2H3,(H,23,24)(H2,20,21,25). The first-order valence-electron chi connectivity index (χ1n) is 9.12. The van der Waals surface area contributed by atoms with E-state index in [1.54, 1.807) is 0 Å². The summed E-state index contributed by atoms with van der Waals surface area (Å²) in [6, 6.07) is 9.94. The van der Waals surface area contributed by atoms with Gasteiger partial charge in [0.15, 0.2) is 0 Å². The highest BCUT2D eigenvalue weighted by atomic mass is 16.5. The van der Waals surface area contributed by atoms with E-state index in [0.717, 1.165) is 18.4 Å². The maximum atomic E-state index is 12.0. The van der Waals surface area contributed by atoms with Gasteiger partial charge < -0.3 is 20.5 Å². The lowest BCUT2D eigenvalue weighted by Gasteiger charge is -2.42. The third kappa shape index (κ3) is 6.65. The smallest absolute Gasteiger partial charge is 0.317 e. The predicted molar refractivity (Wildman–Crippen MR) is 98.9 cm³/mol. The van der Waals surface area contributed by atoms with E-state index >= 15 is 0 Å². The number of carboxylic acids is 1. The molecular formula is C19H29N3O4. The minimum Gasteiger partial charge on any atom is -0.480 e. The third-order valence-electron chi connectivity index (χ3n) is 4.57. The van der Waals surface area contributed by atoms with Gasteiger partial charge >= 0.3 is 12.0 Å². The van der Waals surface area contributed by atoms with E-state index < -0.39 is 5.97 Å². The zero-order valence-corrected chi connectivity index (χ0v) is 15.5. The van der Waals surface area contributed by atoms with Crippen molar-refractivity contribution in [2.75, 3.05) is 19.7 Å². The maximum absolute atomic E-state index is 12.0. The number of likely N-dealkylation sites (N-methyl/N-ethyl adjacent to an activating group) is 1. The average molecular weight is 363 g/mol. The molecule has 2 rings (SSSR count). The quantitative estimate of drug-likeness (QED) is 0.590. The number of benzene rings is 1. The highest BCUT2D eigenvalue weighted by Gasteiger charge is 2.34. The Hall–Kier alpha value is -2.12. The fourth-order valence-corrected chi connectivity index (χ4v) is 3.10. The molecule has 1 aliphatic rings. The van der Waals surface area contributed by atoms with Gasteiger partial charge in [-0.15, -0.1) is 0 Å². The Morgan fingerprint density at radius 2 is 2.00 bits per heavy atom. The Labute approximate surface area is 154 Å². The van der Waals surface area contributed by atoms with Crippen molar-refractivity contribution in [1.82, 2.24) is 15.5 Å². The lowest BCUT2D eigenvalue weighted by atomic mass is 9.85. The van der Waals surface area contributed by atoms with Gasteiger partial charge in [-0.1, -0.05) is 37.3 Å². The first kappa shape index (κ1) is 20.2. The van der Waals surface area contributed by atoms with Crippen molar-refractivity contribution in [2.45, 2.75) is 51.4 Å². The van der Waals surface area contributed by atoms with Crippen LogP contribution in [0, 0.1) is 0 Å². The molecule has 0 bridgehead atoms. The number of hydrogen-bond acceptors (Lipinski definition) is 4. The van der Waals surface area contributed by atoms with Crippen LogP contribution in [-0.2, 0) is 16.1 Å². The monoisotopic (exact) mass is 363 g/mol. The van der Waals surface area contributed by atoms with Crippen LogP contribution in [0.4, 0.5) is 4.79 Å². The van der Waals surface area contributed by atoms with Gasteiger partial charge in [0.25, 0.3) is 0 Å². The number of carbonyl (C=O) groups is 2. The lowest BCUT2D eigenvalue weighted by molar-refractivity contribution is -0.139. The van der Waals surface area contributed by atoms with Crippen molar-refractivity contribution < 1.29 is 19.4 Å². The van der Waals surface area contributed by atoms with Gasteiger partial charge in [0, 0.05) is 12.1 Å². The van der Waals surface area contributed by atoms with Crippen LogP contribution < -0.4 is 10.6 Å². The van der Waals surface area contributed by atoms with E-state index in [1.807, 2.05) is 49.1 Å². The van der Waals surface area contributed by atoms with Gasteiger partial charge in [0.1, 0.15) is 0 Å². The van der Waals surface area contributed by atoms with Gasteiger partial charge in [-0.05, 0) is 31.9 Å². The first-order valence-corrected chi connectivity index (χ1v) is 9.12. The van der Waals surface area contributed by atoms with Crippen molar-refractivity contribution >= 4 is 12.0 Å². The lowest BCUT2D eigenvalue weighted by Crippen LogP contribution is -2.57. The molecule has 1 atom stereocenters. The number of hydrogen-bond donors (Lipinski definition) is 3. The molecule has 0 aromatic heterocycles. The number of aliphatic carboxylic acids is 1. The molecule has 0 spiro atoms. The number of ether oxygens (including phenoxy) is 1. The second-order valence-corrected chi connectivity index (χ2v) is 6.80. The van der Waals surface area contributed by atoms with Crippen molar-refractivity contribution in [2.24, 2.45) is 0 Å². The number of rotatable bonds is 10. The van der Waals surface area contributed by atoms with E-state index in [0.29, 0.717) is 19.8 Å². The molecule has 0 aliphatic heterocycles. The first-order chi connectivity index (χ1) is 12.5. The molecule has 1 aliphatic carbocycles. The summed E-state index contributed by atoms with van der Waals surface area (Å²) in [6.45, 7) is 5.57. The van der Waals surface area contributed by atoms with E-state index in [2.05, 4.69) is 10.6 Å². The van der Waals surface area contributed by atoms with Crippen LogP contribution in [0.2, 0.25) is 0 Å². The molecule has 7 heteroatoms. The highest BCUT2D eigenvalue weighted by Crippen LogP contribution is 2.25. The van der Waals surface area contributed by atoms with Crippen LogP contribution in [0.25, 0.3) is 0 Å². The minimum atomic E-state index is -0.815. The van der Waals surface area contributed by atoms with Crippen LogP contribution in [0.1, 0.15) is 32.3 Å². The van der Waals surface area contributed by atoms with Crippen LogP contribution in [0.3, 0.4) is 0 Å². The molecule has 1 aromatic rings. The molecule has 0 saturated heterocycles. The zero-order valence-electron chi connectivity index (χ0n) is 15.5. The Bertz CT molecular complexity index is 575. The molecule has 0 heterocycles. The zero-order chi connectivity index (χ0) is 18.9. The average Bonchev–Trinajstić information content (AvgIpc) is 2.56. The van der Waals surface area contributed by atoms with Gasteiger partial charge in [-0.3, -0.25) is 9.69 Å². The summed E-state index contributed by atoms with van der Waals surface area (Å²) in [5, 5.41) is 14.7. The molecule has 144 valence electrons. The summed E-state index contributed by atoms with van der Waals surface area (Å²) >= 11 is 0. The molecule has 3 N–H and O–H groups in total. The summed E-state index contributed by atoms with van der Waals surface area (Å²) in [7, 11) is 0. The van der Waals surface area contributed by atoms with Crippen molar-refractivity contribution in [3.05, 3.63) is 35.9 Å². The summed E-state index contributed by atoms with van der Waals surface area (Å²) in [5.41, 5.74) is 1.10. The molecular weight excluding hydrogens is 334 g/mol. The topological polar surface area (TPSA) is 90.9 Å². The highest BCUT2D eigenvalue weighted by molar-refractivity contribution is 5.74. The molecule has 26 heavy (non-hydrogen) atoms. The predicted octanol–water partition coefficient (Wildman–Crippen LogP) is 1.83. The number of urea groups is 1. The summed E-state index contributed by atoms with van der Waals surface area (Å²) < 4.78 is 5.62. The SMILES string of the molecule is CCN(CC(=O)O)C1CC(NC(=O)NC(C)COCc2ccccc2)C1. The second-order valence-electron chi connectivity index (χ2n) is 6.80. The van der Waals surface area contributed by atoms with E-state index in [-0.39, 0.29) is 30.7 Å². The number of carboxylic acid groups (broad SMARTS) is 1. The Morgan fingerprint density at radius 1 is 1.31 bits per heavy atom. The van der Waals surface area contributed by atoms with Gasteiger partial charge in [-0.2, -0.15) is 0 Å². The van der Waals surface area contributed by atoms with Gasteiger partial charge in [0.2, 0.25) is 0 Å². The van der Waals surface area contributed by atoms with Gasteiger partial charge in [-0.25, -0.2) is 4.79 Å². The Morgan fingerprint density at radius 3 is 2.62 bits per heavy atom. The molecule has 2 amide bonds. The fourth-order valence-electron chi connectivity index (χ4n) is 3.10. The van der Waals surface area contributed by atoms with E-state index in [1.165, 1.54) is 0 Å². The fraction of sp³-hybridized carbons (Fsp3) is 0.579. The van der Waals surface area contributed by atoms with Crippen LogP contribution >= 0.6 is 0 Å². The number of carbonyl (C=O) groups excluding carboxylic acids is 1. The Balaban J connectivity index is 1.59. The minimum absolute atomic E-state index is 0.0515. The molecule has 1 saturated carbocycles. The number of amides is 2.